The van der Waals surface area contributed by atoms with E-state index in [1.165, 1.54) is 0 Å². The molecule has 5 nitrogen and oxygen atoms in total. The number of benzene rings is 1. The molecule has 1 aliphatic heterocycles. The second kappa shape index (κ2) is 10.2. The summed E-state index contributed by atoms with van der Waals surface area (Å²) in [6.45, 7) is 1.55. The first-order valence-corrected chi connectivity index (χ1v) is 7.88. The maximum atomic E-state index is 13.4. The molecule has 0 radical (unpaired) electrons. The molecule has 1 saturated heterocycles. The molecule has 25 heavy (non-hydrogen) atoms. The van der Waals surface area contributed by atoms with Crippen LogP contribution in [0.2, 0.25) is 0 Å². The lowest BCUT2D eigenvalue weighted by Gasteiger charge is -2.22. The smallest absolute Gasteiger partial charge is 0.243 e. The van der Waals surface area contributed by atoms with E-state index >= 15 is 0 Å². The van der Waals surface area contributed by atoms with Crippen LogP contribution in [0.5, 0.6) is 0 Å². The highest BCUT2D eigenvalue weighted by Crippen LogP contribution is 2.19. The molecule has 0 unspecified atom stereocenters. The third kappa shape index (κ3) is 6.55. The van der Waals surface area contributed by atoms with Crippen LogP contribution < -0.4 is 16.0 Å². The number of amides is 2. The first-order valence-electron chi connectivity index (χ1n) is 7.88. The van der Waals surface area contributed by atoms with Crippen molar-refractivity contribution in [3.05, 3.63) is 29.6 Å². The minimum absolute atomic E-state index is 0. The highest BCUT2D eigenvalue weighted by atomic mass is 35.5. The van der Waals surface area contributed by atoms with Gasteiger partial charge >= 0.3 is 0 Å². The summed E-state index contributed by atoms with van der Waals surface area (Å²) >= 11 is 0. The monoisotopic (exact) mass is 379 g/mol. The van der Waals surface area contributed by atoms with Gasteiger partial charge in [0.15, 0.2) is 17.5 Å². The third-order valence-corrected chi connectivity index (χ3v) is 3.99. The standard InChI is InChI=1S/C16H20F3N3O2.ClH/c17-11-2-3-12(16(19)15(11)18)22-14(24)9-21-13(23)4-1-10-5-7-20-8-6-10;/h2-3,10,20H,1,4-9H2,(H,21,23)(H,22,24);1H. The van der Waals surface area contributed by atoms with Gasteiger partial charge in [0.25, 0.3) is 0 Å². The number of hydrogen-bond acceptors (Lipinski definition) is 3. The summed E-state index contributed by atoms with van der Waals surface area (Å²) in [5.41, 5.74) is -0.470. The lowest BCUT2D eigenvalue weighted by atomic mass is 9.93. The molecule has 0 saturated carbocycles. The Morgan fingerprint density at radius 3 is 2.44 bits per heavy atom. The average molecular weight is 380 g/mol. The Bertz CT molecular complexity index is 611. The van der Waals surface area contributed by atoms with Gasteiger partial charge in [-0.1, -0.05) is 0 Å². The Morgan fingerprint density at radius 1 is 1.08 bits per heavy atom. The van der Waals surface area contributed by atoms with Crippen LogP contribution in [-0.2, 0) is 9.59 Å². The van der Waals surface area contributed by atoms with Crippen LogP contribution in [0.1, 0.15) is 25.7 Å². The van der Waals surface area contributed by atoms with Crippen molar-refractivity contribution in [1.29, 1.82) is 0 Å². The fraction of sp³-hybridized carbons (Fsp3) is 0.500. The van der Waals surface area contributed by atoms with Crippen molar-refractivity contribution in [3.63, 3.8) is 0 Å². The molecule has 1 heterocycles. The Morgan fingerprint density at radius 2 is 1.76 bits per heavy atom. The van der Waals surface area contributed by atoms with Crippen LogP contribution in [0.25, 0.3) is 0 Å². The number of anilines is 1. The molecule has 3 N–H and O–H groups in total. The second-order valence-electron chi connectivity index (χ2n) is 5.78. The predicted octanol–water partition coefficient (Wildman–Crippen LogP) is 2.36. The summed E-state index contributed by atoms with van der Waals surface area (Å²) in [5, 5.41) is 7.77. The van der Waals surface area contributed by atoms with Gasteiger partial charge in [-0.05, 0) is 50.4 Å². The summed E-state index contributed by atoms with van der Waals surface area (Å²) in [5.74, 6) is -4.94. The lowest BCUT2D eigenvalue weighted by Crippen LogP contribution is -2.34. The zero-order chi connectivity index (χ0) is 17.5. The fourth-order valence-corrected chi connectivity index (χ4v) is 2.59. The van der Waals surface area contributed by atoms with Crippen LogP contribution in [0.4, 0.5) is 18.9 Å². The Balaban J connectivity index is 0.00000312. The van der Waals surface area contributed by atoms with Gasteiger partial charge < -0.3 is 16.0 Å². The molecule has 0 aromatic heterocycles. The number of carbonyl (C=O) groups excluding carboxylic acids is 2. The van der Waals surface area contributed by atoms with E-state index < -0.39 is 29.0 Å². The molecule has 1 fully saturated rings. The lowest BCUT2D eigenvalue weighted by molar-refractivity contribution is -0.124. The molecule has 0 atom stereocenters. The summed E-state index contributed by atoms with van der Waals surface area (Å²) in [7, 11) is 0. The van der Waals surface area contributed by atoms with Crippen molar-refractivity contribution in [2.24, 2.45) is 5.92 Å². The molecule has 1 aliphatic rings. The highest BCUT2D eigenvalue weighted by Gasteiger charge is 2.17. The molecule has 0 aliphatic carbocycles. The van der Waals surface area contributed by atoms with Crippen molar-refractivity contribution in [3.8, 4) is 0 Å². The summed E-state index contributed by atoms with van der Waals surface area (Å²) in [6, 6.07) is 1.64. The van der Waals surface area contributed by atoms with Crippen LogP contribution in [0, 0.1) is 23.4 Å². The maximum Gasteiger partial charge on any atom is 0.243 e. The van der Waals surface area contributed by atoms with E-state index in [-0.39, 0.29) is 24.9 Å². The minimum Gasteiger partial charge on any atom is -0.347 e. The zero-order valence-electron chi connectivity index (χ0n) is 13.5. The largest absolute Gasteiger partial charge is 0.347 e. The van der Waals surface area contributed by atoms with Crippen LogP contribution in [0.3, 0.4) is 0 Å². The van der Waals surface area contributed by atoms with Gasteiger partial charge in [-0.3, -0.25) is 9.59 Å². The average Bonchev–Trinajstić information content (AvgIpc) is 2.59. The van der Waals surface area contributed by atoms with Crippen molar-refractivity contribution in [2.45, 2.75) is 25.7 Å². The normalized spacial score (nSPS) is 14.5. The van der Waals surface area contributed by atoms with Gasteiger partial charge in [0, 0.05) is 6.42 Å². The number of piperidine rings is 1. The molecule has 1 aromatic rings. The minimum atomic E-state index is -1.65. The van der Waals surface area contributed by atoms with Crippen LogP contribution in [0.15, 0.2) is 12.1 Å². The Kier molecular flexibility index (Phi) is 8.71. The van der Waals surface area contributed by atoms with E-state index in [9.17, 15) is 22.8 Å². The second-order valence-corrected chi connectivity index (χ2v) is 5.78. The molecule has 0 spiro atoms. The first-order chi connectivity index (χ1) is 11.5. The molecular weight excluding hydrogens is 359 g/mol. The topological polar surface area (TPSA) is 70.2 Å². The number of nitrogens with one attached hydrogen (secondary N) is 3. The van der Waals surface area contributed by atoms with E-state index in [0.29, 0.717) is 18.4 Å². The van der Waals surface area contributed by atoms with Crippen LogP contribution in [-0.4, -0.2) is 31.4 Å². The van der Waals surface area contributed by atoms with E-state index in [1.807, 2.05) is 0 Å². The van der Waals surface area contributed by atoms with Gasteiger partial charge in [0.1, 0.15) is 0 Å². The van der Waals surface area contributed by atoms with Gasteiger partial charge in [-0.25, -0.2) is 13.2 Å². The molecule has 1 aromatic carbocycles. The van der Waals surface area contributed by atoms with Gasteiger partial charge in [-0.15, -0.1) is 12.4 Å². The Labute approximate surface area is 150 Å². The van der Waals surface area contributed by atoms with E-state index in [4.69, 9.17) is 0 Å². The molecule has 2 rings (SSSR count). The van der Waals surface area contributed by atoms with Crippen molar-refractivity contribution in [1.82, 2.24) is 10.6 Å². The molecular formula is C16H21ClF3N3O2. The molecule has 0 bridgehead atoms. The van der Waals surface area contributed by atoms with Gasteiger partial charge in [0.05, 0.1) is 12.2 Å². The zero-order valence-corrected chi connectivity index (χ0v) is 14.4. The third-order valence-electron chi connectivity index (χ3n) is 3.99. The number of rotatable bonds is 6. The molecule has 2 amide bonds. The maximum absolute atomic E-state index is 13.4. The van der Waals surface area contributed by atoms with Gasteiger partial charge in [-0.2, -0.15) is 0 Å². The van der Waals surface area contributed by atoms with E-state index in [0.717, 1.165) is 38.4 Å². The van der Waals surface area contributed by atoms with Crippen LogP contribution >= 0.6 is 12.4 Å². The molecule has 140 valence electrons. The predicted molar refractivity (Wildman–Crippen MR) is 90.0 cm³/mol. The summed E-state index contributed by atoms with van der Waals surface area (Å²) < 4.78 is 39.3. The SMILES string of the molecule is Cl.O=C(CCC1CCNCC1)NCC(=O)Nc1ccc(F)c(F)c1F. The van der Waals surface area contributed by atoms with E-state index in [2.05, 4.69) is 16.0 Å². The summed E-state index contributed by atoms with van der Waals surface area (Å²) in [6.07, 6.45) is 3.14. The van der Waals surface area contributed by atoms with Gasteiger partial charge in [0.2, 0.25) is 11.8 Å². The quantitative estimate of drug-likeness (QED) is 0.664. The Hall–Kier alpha value is -1.80. The highest BCUT2D eigenvalue weighted by molar-refractivity contribution is 5.94. The molecule has 9 heteroatoms. The van der Waals surface area contributed by atoms with E-state index in [1.54, 1.807) is 0 Å². The first kappa shape index (κ1) is 21.2. The van der Waals surface area contributed by atoms with Crippen molar-refractivity contribution >= 4 is 29.9 Å². The number of carbonyl (C=O) groups is 2. The number of halogens is 4. The van der Waals surface area contributed by atoms with Crippen molar-refractivity contribution < 1.29 is 22.8 Å². The summed E-state index contributed by atoms with van der Waals surface area (Å²) in [4.78, 5) is 23.4. The van der Waals surface area contributed by atoms with Crippen molar-refractivity contribution in [2.75, 3.05) is 25.0 Å². The fourth-order valence-electron chi connectivity index (χ4n) is 2.59. The number of hydrogen-bond donors (Lipinski definition) is 3.